The second-order valence-electron chi connectivity index (χ2n) is 3.76. The molecule has 0 fully saturated rings. The van der Waals surface area contributed by atoms with Gasteiger partial charge in [0.2, 0.25) is 12.3 Å². The van der Waals surface area contributed by atoms with E-state index in [0.717, 1.165) is 5.56 Å². The SMILES string of the molecule is CC(=O)Nc1ccc(CC(NC=O)C(=O)O)cc1. The molecule has 0 aromatic heterocycles. The molecule has 96 valence electrons. The Labute approximate surface area is 104 Å². The van der Waals surface area contributed by atoms with Crippen molar-refractivity contribution in [3.63, 3.8) is 0 Å². The van der Waals surface area contributed by atoms with Crippen LogP contribution in [-0.4, -0.2) is 29.4 Å². The molecule has 1 atom stereocenters. The Bertz CT molecular complexity index is 442. The summed E-state index contributed by atoms with van der Waals surface area (Å²) in [6.07, 6.45) is 0.554. The molecule has 0 aliphatic rings. The van der Waals surface area contributed by atoms with Gasteiger partial charge in [-0.05, 0) is 17.7 Å². The van der Waals surface area contributed by atoms with Gasteiger partial charge in [0.05, 0.1) is 0 Å². The lowest BCUT2D eigenvalue weighted by molar-refractivity contribution is -0.140. The molecule has 1 unspecified atom stereocenters. The van der Waals surface area contributed by atoms with Gasteiger partial charge in [-0.3, -0.25) is 9.59 Å². The van der Waals surface area contributed by atoms with Gasteiger partial charge in [0.1, 0.15) is 6.04 Å². The number of carboxylic acids is 1. The Kier molecular flexibility index (Phi) is 4.86. The molecule has 0 aliphatic carbocycles. The number of rotatable bonds is 6. The maximum atomic E-state index is 10.8. The molecule has 0 heterocycles. The second kappa shape index (κ2) is 6.39. The van der Waals surface area contributed by atoms with E-state index in [1.54, 1.807) is 24.3 Å². The zero-order valence-corrected chi connectivity index (χ0v) is 9.84. The lowest BCUT2D eigenvalue weighted by Crippen LogP contribution is -2.37. The smallest absolute Gasteiger partial charge is 0.326 e. The number of benzene rings is 1. The Balaban J connectivity index is 2.69. The Morgan fingerprint density at radius 1 is 1.33 bits per heavy atom. The number of amides is 2. The zero-order valence-electron chi connectivity index (χ0n) is 9.84. The van der Waals surface area contributed by atoms with Crippen molar-refractivity contribution in [2.24, 2.45) is 0 Å². The van der Waals surface area contributed by atoms with Crippen molar-refractivity contribution in [2.45, 2.75) is 19.4 Å². The van der Waals surface area contributed by atoms with Crippen LogP contribution in [0.4, 0.5) is 5.69 Å². The predicted octanol–water partition coefficient (Wildman–Crippen LogP) is 0.387. The van der Waals surface area contributed by atoms with Gasteiger partial charge in [0, 0.05) is 19.0 Å². The first-order valence-corrected chi connectivity index (χ1v) is 5.32. The molecule has 3 N–H and O–H groups in total. The van der Waals surface area contributed by atoms with E-state index in [2.05, 4.69) is 10.6 Å². The van der Waals surface area contributed by atoms with Crippen molar-refractivity contribution in [3.05, 3.63) is 29.8 Å². The van der Waals surface area contributed by atoms with Gasteiger partial charge in [0.15, 0.2) is 0 Å². The van der Waals surface area contributed by atoms with Crippen molar-refractivity contribution in [1.82, 2.24) is 5.32 Å². The van der Waals surface area contributed by atoms with E-state index in [9.17, 15) is 14.4 Å². The first kappa shape index (κ1) is 13.7. The van der Waals surface area contributed by atoms with Gasteiger partial charge < -0.3 is 15.7 Å². The quantitative estimate of drug-likeness (QED) is 0.636. The summed E-state index contributed by atoms with van der Waals surface area (Å²) in [5.74, 6) is -1.26. The minimum Gasteiger partial charge on any atom is -0.480 e. The van der Waals surface area contributed by atoms with Crippen molar-refractivity contribution in [1.29, 1.82) is 0 Å². The number of hydrogen-bond donors (Lipinski definition) is 3. The Morgan fingerprint density at radius 2 is 1.94 bits per heavy atom. The molecule has 1 rings (SSSR count). The highest BCUT2D eigenvalue weighted by Gasteiger charge is 2.16. The highest BCUT2D eigenvalue weighted by atomic mass is 16.4. The van der Waals surface area contributed by atoms with Gasteiger partial charge in [-0.25, -0.2) is 4.79 Å². The monoisotopic (exact) mass is 250 g/mol. The minimum absolute atomic E-state index is 0.172. The second-order valence-corrected chi connectivity index (χ2v) is 3.76. The average Bonchev–Trinajstić information content (AvgIpc) is 2.30. The van der Waals surface area contributed by atoms with Gasteiger partial charge in [0.25, 0.3) is 0 Å². The van der Waals surface area contributed by atoms with Crippen LogP contribution >= 0.6 is 0 Å². The molecule has 18 heavy (non-hydrogen) atoms. The summed E-state index contributed by atoms with van der Waals surface area (Å²) in [6, 6.07) is 5.81. The molecule has 1 aromatic carbocycles. The normalized spacial score (nSPS) is 11.4. The van der Waals surface area contributed by atoms with Crippen LogP contribution in [0.1, 0.15) is 12.5 Å². The van der Waals surface area contributed by atoms with E-state index in [1.807, 2.05) is 0 Å². The average molecular weight is 250 g/mol. The molecule has 0 saturated heterocycles. The predicted molar refractivity (Wildman–Crippen MR) is 65.1 cm³/mol. The number of carbonyl (C=O) groups excluding carboxylic acids is 2. The summed E-state index contributed by atoms with van der Waals surface area (Å²) in [4.78, 5) is 31.9. The molecule has 0 spiro atoms. The first-order chi connectivity index (χ1) is 8.52. The fraction of sp³-hybridized carbons (Fsp3) is 0.250. The molecule has 2 amide bonds. The Morgan fingerprint density at radius 3 is 2.39 bits per heavy atom. The van der Waals surface area contributed by atoms with E-state index < -0.39 is 12.0 Å². The minimum atomic E-state index is -1.09. The largest absolute Gasteiger partial charge is 0.480 e. The van der Waals surface area contributed by atoms with E-state index in [4.69, 9.17) is 5.11 Å². The summed E-state index contributed by atoms with van der Waals surface area (Å²) >= 11 is 0. The molecule has 0 radical (unpaired) electrons. The third-order valence-corrected chi connectivity index (χ3v) is 2.28. The standard InChI is InChI=1S/C12H14N2O4/c1-8(16)14-10-4-2-9(3-5-10)6-11(12(17)18)13-7-15/h2-5,7,11H,6H2,1H3,(H,13,15)(H,14,16)(H,17,18). The van der Waals surface area contributed by atoms with Gasteiger partial charge in [-0.1, -0.05) is 12.1 Å². The zero-order chi connectivity index (χ0) is 13.5. The van der Waals surface area contributed by atoms with Crippen LogP contribution in [-0.2, 0) is 20.8 Å². The lowest BCUT2D eigenvalue weighted by Gasteiger charge is -2.11. The third-order valence-electron chi connectivity index (χ3n) is 2.28. The Hall–Kier alpha value is -2.37. The molecule has 1 aromatic rings. The van der Waals surface area contributed by atoms with E-state index in [0.29, 0.717) is 12.1 Å². The summed E-state index contributed by atoms with van der Waals surface area (Å²) in [7, 11) is 0. The molecule has 6 nitrogen and oxygen atoms in total. The van der Waals surface area contributed by atoms with Crippen LogP contribution in [0.5, 0.6) is 0 Å². The number of carbonyl (C=O) groups is 3. The van der Waals surface area contributed by atoms with Gasteiger partial charge >= 0.3 is 5.97 Å². The topological polar surface area (TPSA) is 95.5 Å². The van der Waals surface area contributed by atoms with Crippen molar-refractivity contribution in [2.75, 3.05) is 5.32 Å². The molecule has 0 bridgehead atoms. The van der Waals surface area contributed by atoms with Gasteiger partial charge in [-0.2, -0.15) is 0 Å². The van der Waals surface area contributed by atoms with Crippen LogP contribution in [0.3, 0.4) is 0 Å². The van der Waals surface area contributed by atoms with Crippen LogP contribution in [0.25, 0.3) is 0 Å². The highest BCUT2D eigenvalue weighted by Crippen LogP contribution is 2.11. The molecule has 6 heteroatoms. The highest BCUT2D eigenvalue weighted by molar-refractivity contribution is 5.88. The maximum Gasteiger partial charge on any atom is 0.326 e. The molecule has 0 saturated carbocycles. The van der Waals surface area contributed by atoms with Crippen LogP contribution in [0.15, 0.2) is 24.3 Å². The summed E-state index contributed by atoms with van der Waals surface area (Å²) in [6.45, 7) is 1.41. The number of carboxylic acid groups (broad SMARTS) is 1. The summed E-state index contributed by atoms with van der Waals surface area (Å²) < 4.78 is 0. The number of hydrogen-bond acceptors (Lipinski definition) is 3. The summed E-state index contributed by atoms with van der Waals surface area (Å²) in [5, 5.41) is 13.7. The first-order valence-electron chi connectivity index (χ1n) is 5.32. The van der Waals surface area contributed by atoms with E-state index >= 15 is 0 Å². The number of nitrogens with one attached hydrogen (secondary N) is 2. The van der Waals surface area contributed by atoms with E-state index in [-0.39, 0.29) is 12.3 Å². The van der Waals surface area contributed by atoms with Crippen molar-refractivity contribution < 1.29 is 19.5 Å². The fourth-order valence-corrected chi connectivity index (χ4v) is 1.46. The number of anilines is 1. The van der Waals surface area contributed by atoms with Crippen molar-refractivity contribution >= 4 is 24.0 Å². The van der Waals surface area contributed by atoms with Crippen LogP contribution < -0.4 is 10.6 Å². The number of aliphatic carboxylic acids is 1. The lowest BCUT2D eigenvalue weighted by atomic mass is 10.1. The fourth-order valence-electron chi connectivity index (χ4n) is 1.46. The molecular weight excluding hydrogens is 236 g/mol. The molecular formula is C12H14N2O4. The third kappa shape index (κ3) is 4.25. The van der Waals surface area contributed by atoms with Crippen molar-refractivity contribution in [3.8, 4) is 0 Å². The maximum absolute atomic E-state index is 10.8. The van der Waals surface area contributed by atoms with Crippen LogP contribution in [0, 0.1) is 0 Å². The van der Waals surface area contributed by atoms with Crippen LogP contribution in [0.2, 0.25) is 0 Å². The van der Waals surface area contributed by atoms with Gasteiger partial charge in [-0.15, -0.1) is 0 Å². The summed E-state index contributed by atoms with van der Waals surface area (Å²) in [5.41, 5.74) is 1.40. The molecule has 0 aliphatic heterocycles. The van der Waals surface area contributed by atoms with E-state index in [1.165, 1.54) is 6.92 Å².